The van der Waals surface area contributed by atoms with Crippen molar-refractivity contribution in [3.63, 3.8) is 0 Å². The highest BCUT2D eigenvalue weighted by Gasteiger charge is 2.13. The van der Waals surface area contributed by atoms with E-state index in [1.807, 2.05) is 16.8 Å². The normalized spacial score (nSPS) is 15.2. The van der Waals surface area contributed by atoms with Gasteiger partial charge in [-0.1, -0.05) is 18.6 Å². The van der Waals surface area contributed by atoms with E-state index in [1.165, 1.54) is 5.57 Å². The molecule has 2 rings (SSSR count). The number of halogens is 1. The maximum absolute atomic E-state index is 12.2. The summed E-state index contributed by atoms with van der Waals surface area (Å²) in [6.45, 7) is 5.52. The van der Waals surface area contributed by atoms with E-state index in [1.54, 1.807) is 0 Å². The average Bonchev–Trinajstić information content (AvgIpc) is 2.79. The Kier molecular flexibility index (Phi) is 5.22. The molecule has 104 valence electrons. The fourth-order valence-electron chi connectivity index (χ4n) is 2.21. The molecule has 1 aromatic rings. The summed E-state index contributed by atoms with van der Waals surface area (Å²) in [6.07, 6.45) is 6.14. The van der Waals surface area contributed by atoms with Crippen molar-refractivity contribution in [1.82, 2.24) is 15.2 Å². The standard InChI is InChI=1S/C14H20BrN3O/c1-2-7-18-10-12(15)8-13(18)14(19)17-9-11-3-5-16-6-4-11/h3,8,10,16H,2,4-7,9H2,1H3,(H,17,19). The minimum absolute atomic E-state index is 0.00131. The molecule has 5 heteroatoms. The highest BCUT2D eigenvalue weighted by Crippen LogP contribution is 2.15. The van der Waals surface area contributed by atoms with Crippen molar-refractivity contribution in [2.75, 3.05) is 19.6 Å². The summed E-state index contributed by atoms with van der Waals surface area (Å²) in [5.41, 5.74) is 2.03. The fraction of sp³-hybridized carbons (Fsp3) is 0.500. The van der Waals surface area contributed by atoms with Gasteiger partial charge in [-0.2, -0.15) is 0 Å². The third-order valence-electron chi connectivity index (χ3n) is 3.19. The molecule has 19 heavy (non-hydrogen) atoms. The van der Waals surface area contributed by atoms with E-state index < -0.39 is 0 Å². The van der Waals surface area contributed by atoms with E-state index in [0.717, 1.165) is 42.6 Å². The first kappa shape index (κ1) is 14.3. The minimum Gasteiger partial charge on any atom is -0.347 e. The van der Waals surface area contributed by atoms with Crippen molar-refractivity contribution >= 4 is 21.8 Å². The molecule has 4 nitrogen and oxygen atoms in total. The molecular weight excluding hydrogens is 306 g/mol. The Bertz CT molecular complexity index is 479. The Morgan fingerprint density at radius 3 is 3.11 bits per heavy atom. The second-order valence-corrected chi connectivity index (χ2v) is 5.65. The van der Waals surface area contributed by atoms with Crippen LogP contribution >= 0.6 is 15.9 Å². The van der Waals surface area contributed by atoms with Gasteiger partial charge in [0.05, 0.1) is 0 Å². The number of aryl methyl sites for hydroxylation is 1. The van der Waals surface area contributed by atoms with Crippen LogP contribution in [0.2, 0.25) is 0 Å². The molecule has 0 spiro atoms. The first-order chi connectivity index (χ1) is 9.20. The second kappa shape index (κ2) is 6.91. The average molecular weight is 326 g/mol. The van der Waals surface area contributed by atoms with Crippen LogP contribution in [-0.4, -0.2) is 30.1 Å². The number of nitrogens with zero attached hydrogens (tertiary/aromatic N) is 1. The number of rotatable bonds is 5. The summed E-state index contributed by atoms with van der Waals surface area (Å²) < 4.78 is 2.95. The largest absolute Gasteiger partial charge is 0.347 e. The van der Waals surface area contributed by atoms with Crippen molar-refractivity contribution in [3.8, 4) is 0 Å². The van der Waals surface area contributed by atoms with Gasteiger partial charge < -0.3 is 15.2 Å². The first-order valence-electron chi connectivity index (χ1n) is 6.73. The van der Waals surface area contributed by atoms with E-state index in [-0.39, 0.29) is 5.91 Å². The lowest BCUT2D eigenvalue weighted by Gasteiger charge is -2.15. The summed E-state index contributed by atoms with van der Waals surface area (Å²) in [6, 6.07) is 1.88. The number of aromatic nitrogens is 1. The van der Waals surface area contributed by atoms with Crippen LogP contribution in [0.4, 0.5) is 0 Å². The summed E-state index contributed by atoms with van der Waals surface area (Å²) in [5, 5.41) is 6.27. The molecule has 0 aromatic carbocycles. The molecule has 2 heterocycles. The third kappa shape index (κ3) is 3.94. The van der Waals surface area contributed by atoms with Gasteiger partial charge in [-0.3, -0.25) is 4.79 Å². The van der Waals surface area contributed by atoms with Crippen molar-refractivity contribution in [1.29, 1.82) is 0 Å². The molecule has 0 saturated heterocycles. The SMILES string of the molecule is CCCn1cc(Br)cc1C(=O)NCC1=CCNCC1. The number of hydrogen-bond donors (Lipinski definition) is 2. The van der Waals surface area contributed by atoms with Crippen LogP contribution in [0.1, 0.15) is 30.3 Å². The molecule has 2 N–H and O–H groups in total. The van der Waals surface area contributed by atoms with Crippen LogP contribution in [0.5, 0.6) is 0 Å². The maximum atomic E-state index is 12.2. The minimum atomic E-state index is -0.00131. The topological polar surface area (TPSA) is 46.1 Å². The van der Waals surface area contributed by atoms with Gasteiger partial charge in [-0.25, -0.2) is 0 Å². The monoisotopic (exact) mass is 325 g/mol. The molecular formula is C14H20BrN3O. The maximum Gasteiger partial charge on any atom is 0.268 e. The molecule has 0 bridgehead atoms. The zero-order chi connectivity index (χ0) is 13.7. The Balaban J connectivity index is 1.97. The van der Waals surface area contributed by atoms with Crippen LogP contribution in [0.3, 0.4) is 0 Å². The number of amides is 1. The Morgan fingerprint density at radius 1 is 1.58 bits per heavy atom. The van der Waals surface area contributed by atoms with Crippen molar-refractivity contribution < 1.29 is 4.79 Å². The molecule has 0 fully saturated rings. The lowest BCUT2D eigenvalue weighted by molar-refractivity contribution is 0.0947. The highest BCUT2D eigenvalue weighted by atomic mass is 79.9. The number of hydrogen-bond acceptors (Lipinski definition) is 2. The van der Waals surface area contributed by atoms with Gasteiger partial charge >= 0.3 is 0 Å². The molecule has 1 aliphatic rings. The lowest BCUT2D eigenvalue weighted by Crippen LogP contribution is -2.30. The number of nitrogens with one attached hydrogen (secondary N) is 2. The first-order valence-corrected chi connectivity index (χ1v) is 7.52. The van der Waals surface area contributed by atoms with Gasteiger partial charge in [-0.05, 0) is 41.4 Å². The summed E-state index contributed by atoms with van der Waals surface area (Å²) in [7, 11) is 0. The van der Waals surface area contributed by atoms with E-state index in [2.05, 4.69) is 39.6 Å². The number of carbonyl (C=O) groups excluding carboxylic acids is 1. The van der Waals surface area contributed by atoms with E-state index in [9.17, 15) is 4.79 Å². The van der Waals surface area contributed by atoms with Crippen LogP contribution in [0.15, 0.2) is 28.4 Å². The molecule has 0 atom stereocenters. The molecule has 1 aliphatic heterocycles. The quantitative estimate of drug-likeness (QED) is 0.816. The molecule has 1 amide bonds. The summed E-state index contributed by atoms with van der Waals surface area (Å²) in [5.74, 6) is -0.00131. The van der Waals surface area contributed by atoms with Crippen molar-refractivity contribution in [2.45, 2.75) is 26.3 Å². The van der Waals surface area contributed by atoms with Crippen LogP contribution in [-0.2, 0) is 6.54 Å². The molecule has 1 aromatic heterocycles. The van der Waals surface area contributed by atoms with Crippen molar-refractivity contribution in [2.24, 2.45) is 0 Å². The fourth-order valence-corrected chi connectivity index (χ4v) is 2.67. The summed E-state index contributed by atoms with van der Waals surface area (Å²) >= 11 is 3.43. The van der Waals surface area contributed by atoms with Gasteiger partial charge in [0.2, 0.25) is 0 Å². The van der Waals surface area contributed by atoms with Crippen LogP contribution < -0.4 is 10.6 Å². The van der Waals surface area contributed by atoms with Gasteiger partial charge in [0.1, 0.15) is 5.69 Å². The summed E-state index contributed by atoms with van der Waals surface area (Å²) in [4.78, 5) is 12.2. The third-order valence-corrected chi connectivity index (χ3v) is 3.63. The van der Waals surface area contributed by atoms with Gasteiger partial charge in [-0.15, -0.1) is 0 Å². The van der Waals surface area contributed by atoms with Crippen LogP contribution in [0.25, 0.3) is 0 Å². The molecule has 0 radical (unpaired) electrons. The van der Waals surface area contributed by atoms with E-state index >= 15 is 0 Å². The van der Waals surface area contributed by atoms with Crippen LogP contribution in [0, 0.1) is 0 Å². The van der Waals surface area contributed by atoms with E-state index in [0.29, 0.717) is 6.54 Å². The van der Waals surface area contributed by atoms with E-state index in [4.69, 9.17) is 0 Å². The second-order valence-electron chi connectivity index (χ2n) is 4.74. The Morgan fingerprint density at radius 2 is 2.42 bits per heavy atom. The Labute approximate surface area is 122 Å². The lowest BCUT2D eigenvalue weighted by atomic mass is 10.1. The predicted molar refractivity (Wildman–Crippen MR) is 80.3 cm³/mol. The molecule has 0 saturated carbocycles. The smallest absolute Gasteiger partial charge is 0.268 e. The predicted octanol–water partition coefficient (Wildman–Crippen LogP) is 2.31. The molecule has 0 unspecified atom stereocenters. The number of carbonyl (C=O) groups is 1. The van der Waals surface area contributed by atoms with Gasteiger partial charge in [0, 0.05) is 30.3 Å². The highest BCUT2D eigenvalue weighted by molar-refractivity contribution is 9.10. The van der Waals surface area contributed by atoms with Crippen molar-refractivity contribution in [3.05, 3.63) is 34.1 Å². The zero-order valence-electron chi connectivity index (χ0n) is 11.2. The van der Waals surface area contributed by atoms with Gasteiger partial charge in [0.25, 0.3) is 5.91 Å². The molecule has 0 aliphatic carbocycles. The van der Waals surface area contributed by atoms with Gasteiger partial charge in [0.15, 0.2) is 0 Å². The Hall–Kier alpha value is -1.07. The zero-order valence-corrected chi connectivity index (χ0v) is 12.8.